The quantitative estimate of drug-likeness (QED) is 0.443. The minimum Gasteiger partial charge on any atom is -0.451 e. The smallest absolute Gasteiger partial charge is 0.331 e. The van der Waals surface area contributed by atoms with Gasteiger partial charge in [-0.1, -0.05) is 20.8 Å². The SMILES string of the molecule is Cc1nn(C)c(C)c1/C=C/C(=O)O[C@H](C)C(=O)c1ccc(NC(=O)C(C)(C)C)cc1. The number of aryl methyl sites for hydroxylation is 2. The summed E-state index contributed by atoms with van der Waals surface area (Å²) in [6.07, 6.45) is 2.00. The van der Waals surface area contributed by atoms with Crippen molar-refractivity contribution in [1.29, 1.82) is 0 Å². The highest BCUT2D eigenvalue weighted by molar-refractivity contribution is 6.01. The van der Waals surface area contributed by atoms with Crippen LogP contribution in [0.3, 0.4) is 0 Å². The zero-order chi connectivity index (χ0) is 22.6. The summed E-state index contributed by atoms with van der Waals surface area (Å²) in [4.78, 5) is 36.7. The Morgan fingerprint density at radius 3 is 2.23 bits per heavy atom. The van der Waals surface area contributed by atoms with E-state index in [1.165, 1.54) is 13.0 Å². The summed E-state index contributed by atoms with van der Waals surface area (Å²) in [7, 11) is 1.83. The Morgan fingerprint density at radius 1 is 1.13 bits per heavy atom. The van der Waals surface area contributed by atoms with Crippen molar-refractivity contribution in [3.63, 3.8) is 0 Å². The van der Waals surface area contributed by atoms with Crippen molar-refractivity contribution in [3.8, 4) is 0 Å². The summed E-state index contributed by atoms with van der Waals surface area (Å²) in [5.74, 6) is -1.04. The largest absolute Gasteiger partial charge is 0.451 e. The molecular weight excluding hydrogens is 382 g/mol. The molecule has 30 heavy (non-hydrogen) atoms. The average Bonchev–Trinajstić information content (AvgIpc) is 2.90. The molecule has 0 aliphatic carbocycles. The Hall–Kier alpha value is -3.22. The van der Waals surface area contributed by atoms with Crippen molar-refractivity contribution in [1.82, 2.24) is 9.78 Å². The van der Waals surface area contributed by atoms with E-state index in [1.54, 1.807) is 35.0 Å². The highest BCUT2D eigenvalue weighted by Gasteiger charge is 2.22. The maximum absolute atomic E-state index is 12.6. The number of aromatic nitrogens is 2. The molecule has 1 atom stereocenters. The third kappa shape index (κ3) is 5.65. The molecule has 0 spiro atoms. The molecule has 160 valence electrons. The molecule has 0 bridgehead atoms. The maximum Gasteiger partial charge on any atom is 0.331 e. The Morgan fingerprint density at radius 2 is 1.73 bits per heavy atom. The Balaban J connectivity index is 1.99. The number of esters is 1. The minimum absolute atomic E-state index is 0.116. The molecule has 7 heteroatoms. The van der Waals surface area contributed by atoms with Gasteiger partial charge in [0.15, 0.2) is 6.10 Å². The van der Waals surface area contributed by atoms with Crippen molar-refractivity contribution in [2.24, 2.45) is 12.5 Å². The lowest BCUT2D eigenvalue weighted by molar-refractivity contribution is -0.140. The first-order chi connectivity index (χ1) is 13.9. The van der Waals surface area contributed by atoms with Gasteiger partial charge in [-0.25, -0.2) is 4.79 Å². The lowest BCUT2D eigenvalue weighted by Gasteiger charge is -2.18. The Kier molecular flexibility index (Phi) is 6.97. The summed E-state index contributed by atoms with van der Waals surface area (Å²) in [5, 5.41) is 7.09. The molecule has 2 aromatic rings. The summed E-state index contributed by atoms with van der Waals surface area (Å²) < 4.78 is 6.98. The van der Waals surface area contributed by atoms with Gasteiger partial charge in [-0.3, -0.25) is 14.3 Å². The first-order valence-corrected chi connectivity index (χ1v) is 9.74. The predicted molar refractivity (Wildman–Crippen MR) is 116 cm³/mol. The van der Waals surface area contributed by atoms with Crippen LogP contribution in [0.15, 0.2) is 30.3 Å². The number of ether oxygens (including phenoxy) is 1. The van der Waals surface area contributed by atoms with E-state index in [0.717, 1.165) is 17.0 Å². The molecular formula is C23H29N3O4. The van der Waals surface area contributed by atoms with Crippen LogP contribution in [0, 0.1) is 19.3 Å². The highest BCUT2D eigenvalue weighted by atomic mass is 16.5. The van der Waals surface area contributed by atoms with Gasteiger partial charge >= 0.3 is 5.97 Å². The molecule has 0 aliphatic rings. The highest BCUT2D eigenvalue weighted by Crippen LogP contribution is 2.19. The molecule has 1 aromatic carbocycles. The number of nitrogens with zero attached hydrogens (tertiary/aromatic N) is 2. The molecule has 0 radical (unpaired) electrons. The van der Waals surface area contributed by atoms with Crippen LogP contribution >= 0.6 is 0 Å². The molecule has 1 heterocycles. The molecule has 1 amide bonds. The number of benzene rings is 1. The molecule has 0 saturated heterocycles. The number of carbonyl (C=O) groups is 3. The minimum atomic E-state index is -0.937. The fourth-order valence-corrected chi connectivity index (χ4v) is 2.72. The van der Waals surface area contributed by atoms with Gasteiger partial charge in [-0.2, -0.15) is 5.10 Å². The molecule has 0 aliphatic heterocycles. The van der Waals surface area contributed by atoms with Crippen LogP contribution in [-0.4, -0.2) is 33.5 Å². The number of nitrogens with one attached hydrogen (secondary N) is 1. The first-order valence-electron chi connectivity index (χ1n) is 9.74. The molecule has 0 unspecified atom stereocenters. The zero-order valence-electron chi connectivity index (χ0n) is 18.6. The van der Waals surface area contributed by atoms with Crippen LogP contribution < -0.4 is 5.32 Å². The molecule has 1 aromatic heterocycles. The van der Waals surface area contributed by atoms with Crippen molar-refractivity contribution in [3.05, 3.63) is 52.9 Å². The van der Waals surface area contributed by atoms with Gasteiger partial charge in [-0.15, -0.1) is 0 Å². The van der Waals surface area contributed by atoms with Crippen LogP contribution in [0.5, 0.6) is 0 Å². The zero-order valence-corrected chi connectivity index (χ0v) is 18.6. The molecule has 0 fully saturated rings. The second kappa shape index (κ2) is 9.07. The van der Waals surface area contributed by atoms with Crippen LogP contribution in [0.25, 0.3) is 6.08 Å². The van der Waals surface area contributed by atoms with Crippen molar-refractivity contribution in [2.45, 2.75) is 47.6 Å². The number of amides is 1. The van der Waals surface area contributed by atoms with E-state index in [2.05, 4.69) is 10.4 Å². The number of anilines is 1. The number of carbonyl (C=O) groups excluding carboxylic acids is 3. The summed E-state index contributed by atoms with van der Waals surface area (Å²) in [6.45, 7) is 10.8. The number of hydrogen-bond acceptors (Lipinski definition) is 5. The molecule has 7 nitrogen and oxygen atoms in total. The monoisotopic (exact) mass is 411 g/mol. The number of Topliss-reactive ketones (excluding diaryl/α,β-unsaturated/α-hetero) is 1. The van der Waals surface area contributed by atoms with Crippen LogP contribution in [0.2, 0.25) is 0 Å². The van der Waals surface area contributed by atoms with Crippen LogP contribution in [-0.2, 0) is 21.4 Å². The lowest BCUT2D eigenvalue weighted by Crippen LogP contribution is -2.27. The summed E-state index contributed by atoms with van der Waals surface area (Å²) in [5.41, 5.74) is 3.06. The number of rotatable bonds is 6. The van der Waals surface area contributed by atoms with Crippen molar-refractivity contribution < 1.29 is 19.1 Å². The normalized spacial score (nSPS) is 12.6. The van der Waals surface area contributed by atoms with E-state index in [0.29, 0.717) is 11.3 Å². The van der Waals surface area contributed by atoms with E-state index in [1.807, 2.05) is 41.7 Å². The number of ketones is 1. The number of hydrogen-bond donors (Lipinski definition) is 1. The average molecular weight is 412 g/mol. The van der Waals surface area contributed by atoms with Gasteiger partial charge in [0, 0.05) is 41.0 Å². The van der Waals surface area contributed by atoms with E-state index < -0.39 is 17.5 Å². The fourth-order valence-electron chi connectivity index (χ4n) is 2.72. The lowest BCUT2D eigenvalue weighted by atomic mass is 9.95. The maximum atomic E-state index is 12.6. The van der Waals surface area contributed by atoms with Crippen LogP contribution in [0.4, 0.5) is 5.69 Å². The van der Waals surface area contributed by atoms with Crippen molar-refractivity contribution in [2.75, 3.05) is 5.32 Å². The third-order valence-electron chi connectivity index (χ3n) is 4.72. The molecule has 0 saturated carbocycles. The van der Waals surface area contributed by atoms with Gasteiger partial charge in [0.2, 0.25) is 11.7 Å². The van der Waals surface area contributed by atoms with Gasteiger partial charge in [0.05, 0.1) is 5.69 Å². The fraction of sp³-hybridized carbons (Fsp3) is 0.391. The van der Waals surface area contributed by atoms with Crippen LogP contribution in [0.1, 0.15) is 55.0 Å². The van der Waals surface area contributed by atoms with E-state index >= 15 is 0 Å². The van der Waals surface area contributed by atoms with Gasteiger partial charge in [0.25, 0.3) is 0 Å². The predicted octanol–water partition coefficient (Wildman–Crippen LogP) is 3.85. The Bertz CT molecular complexity index is 979. The van der Waals surface area contributed by atoms with Gasteiger partial charge in [0.1, 0.15) is 0 Å². The second-order valence-electron chi connectivity index (χ2n) is 8.27. The first kappa shape index (κ1) is 23.1. The third-order valence-corrected chi connectivity index (χ3v) is 4.72. The molecule has 1 N–H and O–H groups in total. The second-order valence-corrected chi connectivity index (χ2v) is 8.27. The van der Waals surface area contributed by atoms with Gasteiger partial charge in [-0.05, 0) is 51.1 Å². The topological polar surface area (TPSA) is 90.3 Å². The van der Waals surface area contributed by atoms with E-state index in [-0.39, 0.29) is 11.7 Å². The van der Waals surface area contributed by atoms with E-state index in [9.17, 15) is 14.4 Å². The van der Waals surface area contributed by atoms with E-state index in [4.69, 9.17) is 4.74 Å². The molecule has 2 rings (SSSR count). The van der Waals surface area contributed by atoms with Crippen molar-refractivity contribution >= 4 is 29.4 Å². The summed E-state index contributed by atoms with van der Waals surface area (Å²) >= 11 is 0. The standard InChI is InChI=1S/C23H29N3O4/c1-14-19(15(2)26(7)25-14)12-13-20(27)30-16(3)21(28)17-8-10-18(11-9-17)24-22(29)23(4,5)6/h8-13,16H,1-7H3,(H,24,29)/b13-12+/t16-/m1/s1. The Labute approximate surface area is 177 Å². The van der Waals surface area contributed by atoms with Gasteiger partial charge < -0.3 is 10.1 Å². The summed E-state index contributed by atoms with van der Waals surface area (Å²) in [6, 6.07) is 6.50.